The maximum atomic E-state index is 15.3. The van der Waals surface area contributed by atoms with Gasteiger partial charge in [0.25, 0.3) is 11.5 Å². The first-order valence-electron chi connectivity index (χ1n) is 11.3. The lowest BCUT2D eigenvalue weighted by Crippen LogP contribution is -2.46. The quantitative estimate of drug-likeness (QED) is 0.631. The van der Waals surface area contributed by atoms with Crippen molar-refractivity contribution in [2.75, 3.05) is 38.1 Å². The summed E-state index contributed by atoms with van der Waals surface area (Å²) in [5.41, 5.74) is 5.01. The number of carbonyl (C=O) groups excluding carboxylic acids is 1. The second-order valence-corrected chi connectivity index (χ2v) is 8.73. The van der Waals surface area contributed by atoms with Crippen molar-refractivity contribution in [3.05, 3.63) is 62.6 Å². The Hall–Kier alpha value is -3.33. The average molecular weight is 451 g/mol. The molecule has 0 saturated carbocycles. The van der Waals surface area contributed by atoms with Crippen LogP contribution in [0.2, 0.25) is 0 Å². The number of amides is 1. The summed E-state index contributed by atoms with van der Waals surface area (Å²) < 4.78 is 15.3. The van der Waals surface area contributed by atoms with E-state index in [1.54, 1.807) is 19.3 Å². The summed E-state index contributed by atoms with van der Waals surface area (Å²) >= 11 is 0. The zero-order chi connectivity index (χ0) is 23.1. The van der Waals surface area contributed by atoms with Crippen molar-refractivity contribution in [1.29, 1.82) is 0 Å². The Morgan fingerprint density at radius 2 is 1.94 bits per heavy atom. The lowest BCUT2D eigenvalue weighted by Gasteiger charge is -2.36. The van der Waals surface area contributed by atoms with Crippen molar-refractivity contribution in [2.45, 2.75) is 32.7 Å². The summed E-state index contributed by atoms with van der Waals surface area (Å²) in [6.45, 7) is 5.41. The summed E-state index contributed by atoms with van der Waals surface area (Å²) in [7, 11) is 1.59. The largest absolute Gasteiger partial charge is 0.368 e. The summed E-state index contributed by atoms with van der Waals surface area (Å²) in [6.07, 6.45) is 4.05. The van der Waals surface area contributed by atoms with Crippen molar-refractivity contribution in [1.82, 2.24) is 25.2 Å². The Kier molecular flexibility index (Phi) is 5.57. The lowest BCUT2D eigenvalue weighted by molar-refractivity contribution is 0.0958. The van der Waals surface area contributed by atoms with E-state index in [0.29, 0.717) is 23.3 Å². The number of nitrogens with one attached hydrogen (secondary N) is 2. The molecule has 0 radical (unpaired) electrons. The molecule has 0 spiro atoms. The molecule has 33 heavy (non-hydrogen) atoms. The Labute approximate surface area is 190 Å². The third kappa shape index (κ3) is 3.86. The molecule has 1 aliphatic carbocycles. The van der Waals surface area contributed by atoms with Gasteiger partial charge in [-0.15, -0.1) is 0 Å². The number of nitrogens with zero attached hydrogens (tertiary/aromatic N) is 4. The van der Waals surface area contributed by atoms with E-state index in [-0.39, 0.29) is 22.8 Å². The number of aromatic nitrogens is 3. The molecule has 1 aliphatic heterocycles. The van der Waals surface area contributed by atoms with Crippen LogP contribution in [0.5, 0.6) is 0 Å². The van der Waals surface area contributed by atoms with Crippen LogP contribution in [0.25, 0.3) is 11.0 Å². The number of carbonyl (C=O) groups is 1. The minimum Gasteiger partial charge on any atom is -0.368 e. The van der Waals surface area contributed by atoms with Crippen molar-refractivity contribution in [3.8, 4) is 0 Å². The van der Waals surface area contributed by atoms with Gasteiger partial charge < -0.3 is 15.2 Å². The summed E-state index contributed by atoms with van der Waals surface area (Å²) in [5, 5.41) is 2.59. The Morgan fingerprint density at radius 3 is 2.67 bits per heavy atom. The third-order valence-electron chi connectivity index (χ3n) is 6.73. The van der Waals surface area contributed by atoms with Crippen LogP contribution >= 0.6 is 0 Å². The number of halogens is 1. The van der Waals surface area contributed by atoms with Gasteiger partial charge in [-0.1, -0.05) is 0 Å². The van der Waals surface area contributed by atoms with Crippen LogP contribution in [0.15, 0.2) is 23.1 Å². The first-order valence-corrected chi connectivity index (χ1v) is 11.3. The summed E-state index contributed by atoms with van der Waals surface area (Å²) in [4.78, 5) is 40.3. The van der Waals surface area contributed by atoms with Gasteiger partial charge in [0, 0.05) is 57.1 Å². The van der Waals surface area contributed by atoms with Crippen LogP contribution in [0.4, 0.5) is 10.1 Å². The molecule has 0 bridgehead atoms. The van der Waals surface area contributed by atoms with Crippen LogP contribution in [-0.2, 0) is 19.4 Å². The Morgan fingerprint density at radius 1 is 1.18 bits per heavy atom. The van der Waals surface area contributed by atoms with E-state index in [4.69, 9.17) is 0 Å². The second-order valence-electron chi connectivity index (χ2n) is 8.73. The fourth-order valence-corrected chi connectivity index (χ4v) is 4.96. The molecule has 0 aromatic carbocycles. The maximum absolute atomic E-state index is 15.3. The normalized spacial score (nSPS) is 16.3. The first-order chi connectivity index (χ1) is 16.0. The summed E-state index contributed by atoms with van der Waals surface area (Å²) in [6, 6.07) is 3.67. The van der Waals surface area contributed by atoms with Gasteiger partial charge in [-0.25, -0.2) is 9.37 Å². The molecule has 0 atom stereocenters. The second kappa shape index (κ2) is 8.55. The highest BCUT2D eigenvalue weighted by Crippen LogP contribution is 2.28. The zero-order valence-corrected chi connectivity index (χ0v) is 18.9. The first kappa shape index (κ1) is 21.5. The molecule has 3 aromatic rings. The van der Waals surface area contributed by atoms with Crippen LogP contribution in [0.1, 0.15) is 39.3 Å². The zero-order valence-electron chi connectivity index (χ0n) is 18.9. The van der Waals surface area contributed by atoms with Crippen LogP contribution in [-0.4, -0.2) is 59.0 Å². The third-order valence-corrected chi connectivity index (χ3v) is 6.73. The Bertz CT molecular complexity index is 1300. The van der Waals surface area contributed by atoms with Gasteiger partial charge >= 0.3 is 0 Å². The van der Waals surface area contributed by atoms with Gasteiger partial charge in [0.05, 0.1) is 16.9 Å². The van der Waals surface area contributed by atoms with Gasteiger partial charge in [-0.2, -0.15) is 0 Å². The van der Waals surface area contributed by atoms with Crippen LogP contribution in [0, 0.1) is 12.7 Å². The molecule has 0 unspecified atom stereocenters. The number of H-pyrrole nitrogens is 1. The van der Waals surface area contributed by atoms with Crippen molar-refractivity contribution in [2.24, 2.45) is 0 Å². The molecule has 1 fully saturated rings. The van der Waals surface area contributed by atoms with Crippen molar-refractivity contribution in [3.63, 3.8) is 0 Å². The number of pyridine rings is 3. The lowest BCUT2D eigenvalue weighted by atomic mass is 10.1. The van der Waals surface area contributed by atoms with Gasteiger partial charge in [0.1, 0.15) is 11.2 Å². The smallest absolute Gasteiger partial charge is 0.269 e. The van der Waals surface area contributed by atoms with Crippen molar-refractivity contribution >= 4 is 22.6 Å². The van der Waals surface area contributed by atoms with E-state index in [0.717, 1.165) is 67.9 Å². The maximum Gasteiger partial charge on any atom is 0.269 e. The molecule has 1 saturated heterocycles. The van der Waals surface area contributed by atoms with Gasteiger partial charge in [0.2, 0.25) is 0 Å². The molecular weight excluding hydrogens is 423 g/mol. The molecule has 9 heteroatoms. The predicted molar refractivity (Wildman–Crippen MR) is 124 cm³/mol. The minimum atomic E-state index is -0.376. The fourth-order valence-electron chi connectivity index (χ4n) is 4.96. The number of fused-ring (bicyclic) bond motifs is 3. The number of piperazine rings is 1. The topological polar surface area (TPSA) is 94.2 Å². The monoisotopic (exact) mass is 450 g/mol. The van der Waals surface area contributed by atoms with Crippen LogP contribution < -0.4 is 15.8 Å². The molecule has 2 N–H and O–H groups in total. The predicted octanol–water partition coefficient (Wildman–Crippen LogP) is 1.94. The highest BCUT2D eigenvalue weighted by atomic mass is 19.1. The van der Waals surface area contributed by atoms with Gasteiger partial charge in [-0.3, -0.25) is 19.5 Å². The minimum absolute atomic E-state index is 0.187. The molecule has 172 valence electrons. The van der Waals surface area contributed by atoms with E-state index in [1.165, 1.54) is 0 Å². The SMILES string of the molecule is CNC(=O)c1ccc(N2CCN(Cc3cnc4c5c(c(=O)[nH]c4c3F)CCC5)CC2)c(C)n1. The van der Waals surface area contributed by atoms with E-state index >= 15 is 4.39 Å². The number of rotatable bonds is 4. The number of hydrogen-bond acceptors (Lipinski definition) is 6. The van der Waals surface area contributed by atoms with Gasteiger partial charge in [0.15, 0.2) is 5.82 Å². The molecule has 1 amide bonds. The average Bonchev–Trinajstić information content (AvgIpc) is 3.32. The van der Waals surface area contributed by atoms with E-state index in [2.05, 4.69) is 30.1 Å². The standard InChI is InChI=1S/C24H27FN6O2/c1-14-19(7-6-18(28-14)24(33)26-2)31-10-8-30(9-11-31)13-15-12-27-21-16-4-3-5-17(16)23(32)29-22(21)20(15)25/h6-7,12H,3-5,8-11,13H2,1-2H3,(H,26,33)(H,29,32). The number of aromatic amines is 1. The summed E-state index contributed by atoms with van der Waals surface area (Å²) in [5.74, 6) is -0.578. The molecule has 4 heterocycles. The highest BCUT2D eigenvalue weighted by Gasteiger charge is 2.24. The molecule has 8 nitrogen and oxygen atoms in total. The molecule has 5 rings (SSSR count). The van der Waals surface area contributed by atoms with E-state index in [9.17, 15) is 9.59 Å². The number of aryl methyl sites for hydroxylation is 2. The number of hydrogen-bond donors (Lipinski definition) is 2. The van der Waals surface area contributed by atoms with Crippen LogP contribution in [0.3, 0.4) is 0 Å². The molecule has 3 aromatic heterocycles. The van der Waals surface area contributed by atoms with Gasteiger partial charge in [-0.05, 0) is 43.9 Å². The Balaban J connectivity index is 1.30. The van der Waals surface area contributed by atoms with E-state index in [1.807, 2.05) is 13.0 Å². The molecule has 2 aliphatic rings. The van der Waals surface area contributed by atoms with E-state index < -0.39 is 0 Å². The molecular formula is C24H27FN6O2. The highest BCUT2D eigenvalue weighted by molar-refractivity contribution is 5.92. The van der Waals surface area contributed by atoms with Crippen molar-refractivity contribution < 1.29 is 9.18 Å². The number of anilines is 1. The fraction of sp³-hybridized carbons (Fsp3) is 0.417.